The molecule has 0 spiro atoms. The Hall–Kier alpha value is -1.56. The monoisotopic (exact) mass is 282 g/mol. The summed E-state index contributed by atoms with van der Waals surface area (Å²) >= 11 is 0. The molecule has 2 unspecified atom stereocenters. The molecule has 0 radical (unpaired) electrons. The fraction of sp³-hybridized carbons (Fsp3) is 0.462. The van der Waals surface area contributed by atoms with Crippen LogP contribution in [-0.4, -0.2) is 39.8 Å². The largest absolute Gasteiger partial charge is 0.445 e. The number of ether oxygens (including phenoxy) is 1. The molecular formula is C13H18N2O3S. The average Bonchev–Trinajstić information content (AvgIpc) is 2.87. The molecule has 6 heteroatoms. The fourth-order valence-corrected chi connectivity index (χ4v) is 3.09. The van der Waals surface area contributed by atoms with E-state index in [1.54, 1.807) is 0 Å². The van der Waals surface area contributed by atoms with Gasteiger partial charge in [-0.2, -0.15) is 0 Å². The molecule has 1 aromatic carbocycles. The van der Waals surface area contributed by atoms with Crippen LogP contribution in [0.3, 0.4) is 0 Å². The summed E-state index contributed by atoms with van der Waals surface area (Å²) in [6.45, 7) is 1.11. The molecule has 0 aliphatic carbocycles. The van der Waals surface area contributed by atoms with E-state index in [0.29, 0.717) is 19.5 Å². The van der Waals surface area contributed by atoms with Crippen LogP contribution in [0, 0.1) is 4.78 Å². The van der Waals surface area contributed by atoms with Crippen molar-refractivity contribution >= 4 is 15.8 Å². The highest BCUT2D eigenvalue weighted by atomic mass is 32.2. The van der Waals surface area contributed by atoms with Gasteiger partial charge in [0.05, 0.1) is 5.25 Å². The topological polar surface area (TPSA) is 70.5 Å². The van der Waals surface area contributed by atoms with Gasteiger partial charge in [0.2, 0.25) is 0 Å². The lowest BCUT2D eigenvalue weighted by molar-refractivity contribution is 0.104. The van der Waals surface area contributed by atoms with Crippen LogP contribution >= 0.6 is 0 Å². The van der Waals surface area contributed by atoms with Crippen molar-refractivity contribution in [3.63, 3.8) is 0 Å². The maximum absolute atomic E-state index is 11.8. The summed E-state index contributed by atoms with van der Waals surface area (Å²) < 4.78 is 24.4. The van der Waals surface area contributed by atoms with Crippen LogP contribution in [0.2, 0.25) is 0 Å². The third-order valence-electron chi connectivity index (χ3n) is 3.24. The first-order chi connectivity index (χ1) is 8.97. The predicted molar refractivity (Wildman–Crippen MR) is 73.4 cm³/mol. The Bertz CT molecular complexity index is 542. The SMILES string of the molecule is CS(=N)(=O)C1CCN(C(=O)OCc2ccccc2)C1. The number of hydrogen-bond acceptors (Lipinski definition) is 4. The van der Waals surface area contributed by atoms with Crippen molar-refractivity contribution in [1.29, 1.82) is 4.78 Å². The first kappa shape index (κ1) is 13.9. The molecule has 1 fully saturated rings. The highest BCUT2D eigenvalue weighted by Gasteiger charge is 2.31. The number of benzene rings is 1. The van der Waals surface area contributed by atoms with Gasteiger partial charge in [-0.3, -0.25) is 4.78 Å². The number of nitrogens with one attached hydrogen (secondary N) is 1. The van der Waals surface area contributed by atoms with Gasteiger partial charge in [-0.05, 0) is 12.0 Å². The van der Waals surface area contributed by atoms with Crippen LogP contribution < -0.4 is 0 Å². The Kier molecular flexibility index (Phi) is 4.09. The van der Waals surface area contributed by atoms with E-state index in [1.165, 1.54) is 11.2 Å². The second kappa shape index (κ2) is 5.61. The smallest absolute Gasteiger partial charge is 0.410 e. The zero-order valence-corrected chi connectivity index (χ0v) is 11.7. The third-order valence-corrected chi connectivity index (χ3v) is 4.90. The minimum atomic E-state index is -2.59. The van der Waals surface area contributed by atoms with E-state index in [9.17, 15) is 9.00 Å². The molecule has 1 heterocycles. The molecule has 0 aromatic heterocycles. The average molecular weight is 282 g/mol. The summed E-state index contributed by atoms with van der Waals surface area (Å²) in [4.78, 5) is 13.4. The van der Waals surface area contributed by atoms with Gasteiger partial charge < -0.3 is 9.64 Å². The molecule has 1 aliphatic heterocycles. The van der Waals surface area contributed by atoms with Crippen molar-refractivity contribution in [3.8, 4) is 0 Å². The van der Waals surface area contributed by atoms with Gasteiger partial charge >= 0.3 is 6.09 Å². The normalized spacial score (nSPS) is 21.9. The van der Waals surface area contributed by atoms with Crippen molar-refractivity contribution < 1.29 is 13.7 Å². The lowest BCUT2D eigenvalue weighted by Crippen LogP contribution is -2.31. The Morgan fingerprint density at radius 3 is 2.74 bits per heavy atom. The van der Waals surface area contributed by atoms with E-state index in [0.717, 1.165) is 5.56 Å². The number of hydrogen-bond donors (Lipinski definition) is 1. The fourth-order valence-electron chi connectivity index (χ4n) is 2.07. The molecular weight excluding hydrogens is 264 g/mol. The van der Waals surface area contributed by atoms with Gasteiger partial charge in [0.1, 0.15) is 6.61 Å². The molecule has 1 aromatic rings. The van der Waals surface area contributed by atoms with Crippen molar-refractivity contribution in [2.75, 3.05) is 19.3 Å². The standard InChI is InChI=1S/C13H18N2O3S/c1-19(14,17)12-7-8-15(9-12)13(16)18-10-11-5-3-2-4-6-11/h2-6,12,14H,7-10H2,1H3. The van der Waals surface area contributed by atoms with Gasteiger partial charge in [0.25, 0.3) is 0 Å². The van der Waals surface area contributed by atoms with E-state index in [1.807, 2.05) is 30.3 Å². The lowest BCUT2D eigenvalue weighted by Gasteiger charge is -2.16. The molecule has 0 bridgehead atoms. The number of rotatable bonds is 3. The summed E-state index contributed by atoms with van der Waals surface area (Å²) in [5.41, 5.74) is 0.936. The maximum Gasteiger partial charge on any atom is 0.410 e. The number of nitrogens with zero attached hydrogens (tertiary/aromatic N) is 1. The third kappa shape index (κ3) is 3.70. The number of likely N-dealkylation sites (tertiary alicyclic amines) is 1. The highest BCUT2D eigenvalue weighted by Crippen LogP contribution is 2.17. The Morgan fingerprint density at radius 1 is 1.47 bits per heavy atom. The van der Waals surface area contributed by atoms with Crippen molar-refractivity contribution in [2.45, 2.75) is 18.3 Å². The number of carbonyl (C=O) groups excluding carboxylic acids is 1. The second-order valence-corrected chi connectivity index (χ2v) is 7.28. The lowest BCUT2D eigenvalue weighted by atomic mass is 10.2. The molecule has 19 heavy (non-hydrogen) atoms. The molecule has 1 aliphatic rings. The van der Waals surface area contributed by atoms with Crippen LogP contribution in [0.15, 0.2) is 30.3 Å². The van der Waals surface area contributed by atoms with Crippen molar-refractivity contribution in [3.05, 3.63) is 35.9 Å². The Labute approximate surface area is 113 Å². The molecule has 2 atom stereocenters. The summed E-state index contributed by atoms with van der Waals surface area (Å²) in [5.74, 6) is 0. The highest BCUT2D eigenvalue weighted by molar-refractivity contribution is 7.92. The number of amides is 1. The summed E-state index contributed by atoms with van der Waals surface area (Å²) in [7, 11) is -2.59. The van der Waals surface area contributed by atoms with E-state index in [2.05, 4.69) is 0 Å². The molecule has 1 saturated heterocycles. The maximum atomic E-state index is 11.8. The molecule has 104 valence electrons. The molecule has 1 amide bonds. The van der Waals surface area contributed by atoms with Crippen LogP contribution in [0.25, 0.3) is 0 Å². The molecule has 0 saturated carbocycles. The zero-order chi connectivity index (χ0) is 13.9. The van der Waals surface area contributed by atoms with Crippen LogP contribution in [0.5, 0.6) is 0 Å². The van der Waals surface area contributed by atoms with Gasteiger partial charge in [-0.25, -0.2) is 9.00 Å². The second-order valence-electron chi connectivity index (χ2n) is 4.80. The van der Waals surface area contributed by atoms with E-state index < -0.39 is 15.8 Å². The Morgan fingerprint density at radius 2 is 2.16 bits per heavy atom. The zero-order valence-electron chi connectivity index (χ0n) is 10.9. The first-order valence-electron chi connectivity index (χ1n) is 6.15. The van der Waals surface area contributed by atoms with Crippen molar-refractivity contribution in [1.82, 2.24) is 4.90 Å². The Balaban J connectivity index is 1.85. The summed E-state index contributed by atoms with van der Waals surface area (Å²) in [5, 5.41) is -0.239. The summed E-state index contributed by atoms with van der Waals surface area (Å²) in [6.07, 6.45) is 1.64. The van der Waals surface area contributed by atoms with Gasteiger partial charge in [-0.15, -0.1) is 0 Å². The van der Waals surface area contributed by atoms with Crippen molar-refractivity contribution in [2.24, 2.45) is 0 Å². The van der Waals surface area contributed by atoms with Gasteiger partial charge in [0.15, 0.2) is 0 Å². The van der Waals surface area contributed by atoms with Gasteiger partial charge in [0, 0.05) is 29.1 Å². The van der Waals surface area contributed by atoms with Crippen LogP contribution in [-0.2, 0) is 21.1 Å². The molecule has 2 rings (SSSR count). The predicted octanol–water partition coefficient (Wildman–Crippen LogP) is 2.07. The quantitative estimate of drug-likeness (QED) is 0.922. The molecule has 5 nitrogen and oxygen atoms in total. The number of carbonyl (C=O) groups is 1. The van der Waals surface area contributed by atoms with Crippen LogP contribution in [0.4, 0.5) is 4.79 Å². The van der Waals surface area contributed by atoms with E-state index >= 15 is 0 Å². The molecule has 1 N–H and O–H groups in total. The van der Waals surface area contributed by atoms with E-state index in [-0.39, 0.29) is 11.9 Å². The summed E-state index contributed by atoms with van der Waals surface area (Å²) in [6, 6.07) is 9.47. The van der Waals surface area contributed by atoms with Gasteiger partial charge in [-0.1, -0.05) is 30.3 Å². The minimum Gasteiger partial charge on any atom is -0.445 e. The minimum absolute atomic E-state index is 0.239. The van der Waals surface area contributed by atoms with Crippen LogP contribution in [0.1, 0.15) is 12.0 Å². The first-order valence-corrected chi connectivity index (χ1v) is 8.18. The van der Waals surface area contributed by atoms with E-state index in [4.69, 9.17) is 9.52 Å².